The minimum absolute atomic E-state index is 0. The molecule has 0 rings (SSSR count). The van der Waals surface area contributed by atoms with Crippen LogP contribution in [0.15, 0.2) is 0 Å². The van der Waals surface area contributed by atoms with Crippen LogP contribution in [0, 0.1) is 0 Å². The third-order valence-electron chi connectivity index (χ3n) is 2.32. The second-order valence-electron chi connectivity index (χ2n) is 3.87. The summed E-state index contributed by atoms with van der Waals surface area (Å²) in [6.45, 7) is 2.86. The molecule has 114 valence electrons. The Labute approximate surface area is 214 Å². The molecule has 0 spiro atoms. The Kier molecular flexibility index (Phi) is 20.0. The van der Waals surface area contributed by atoms with Gasteiger partial charge in [0.25, 0.3) is 20.2 Å². The van der Waals surface area contributed by atoms with Crippen molar-refractivity contribution in [2.24, 2.45) is 0 Å². The van der Waals surface area contributed by atoms with Crippen LogP contribution in [-0.4, -0.2) is 151 Å². The third-order valence-corrected chi connectivity index (χ3v) is 7.29. The summed E-state index contributed by atoms with van der Waals surface area (Å²) in [6.07, 6.45) is 0.675. The molecular weight excluding hydrogens is 399 g/mol. The maximum absolute atomic E-state index is 10.7. The van der Waals surface area contributed by atoms with Crippen molar-refractivity contribution in [1.29, 1.82) is 0 Å². The maximum atomic E-state index is 10.7. The van der Waals surface area contributed by atoms with E-state index in [1.807, 2.05) is 0 Å². The van der Waals surface area contributed by atoms with Gasteiger partial charge in [-0.1, -0.05) is 21.6 Å². The van der Waals surface area contributed by atoms with E-state index in [9.17, 15) is 16.8 Å². The van der Waals surface area contributed by atoms with Crippen molar-refractivity contribution < 1.29 is 25.9 Å². The van der Waals surface area contributed by atoms with Gasteiger partial charge in [0, 0.05) is 11.5 Å². The monoisotopic (exact) mass is 418 g/mol. The fourth-order valence-electron chi connectivity index (χ4n) is 0.844. The molecule has 0 fully saturated rings. The molecule has 0 radical (unpaired) electrons. The second-order valence-corrected chi connectivity index (χ2v) is 10.2. The van der Waals surface area contributed by atoms with Crippen LogP contribution >= 0.6 is 21.6 Å². The van der Waals surface area contributed by atoms with E-state index in [0.717, 1.165) is 0 Å². The van der Waals surface area contributed by atoms with Crippen LogP contribution in [0.2, 0.25) is 0 Å². The summed E-state index contributed by atoms with van der Waals surface area (Å²) in [5.74, 6) is 1.09. The average Bonchev–Trinajstić information content (AvgIpc) is 2.19. The minimum atomic E-state index is -3.96. The molecule has 12 heteroatoms. The van der Waals surface area contributed by atoms with Crippen molar-refractivity contribution in [1.82, 2.24) is 0 Å². The Morgan fingerprint density at radius 2 is 1.05 bits per heavy atom. The quantitative estimate of drug-likeness (QED) is 0.240. The van der Waals surface area contributed by atoms with Gasteiger partial charge < -0.3 is 0 Å². The van der Waals surface area contributed by atoms with Crippen LogP contribution in [0.3, 0.4) is 0 Å². The van der Waals surface area contributed by atoms with Crippen LogP contribution in [0.25, 0.3) is 0 Å². The molecule has 0 heterocycles. The Balaban J connectivity index is -0.00000144. The van der Waals surface area contributed by atoms with Crippen molar-refractivity contribution in [2.45, 2.75) is 37.2 Å². The first kappa shape index (κ1) is 28.6. The first-order chi connectivity index (χ1) is 8.05. The third kappa shape index (κ3) is 15.3. The van der Waals surface area contributed by atoms with E-state index in [0.29, 0.717) is 24.3 Å². The second kappa shape index (κ2) is 14.0. The molecule has 0 aliphatic carbocycles. The van der Waals surface area contributed by atoms with Crippen LogP contribution in [0.1, 0.15) is 26.7 Å². The molecular formula is C8H20K2O6S4. The van der Waals surface area contributed by atoms with Crippen molar-refractivity contribution in [2.75, 3.05) is 11.5 Å². The van der Waals surface area contributed by atoms with Crippen molar-refractivity contribution in [3.05, 3.63) is 0 Å². The van der Waals surface area contributed by atoms with Crippen LogP contribution in [0.4, 0.5) is 0 Å². The molecule has 2 atom stereocenters. The number of rotatable bonds is 9. The van der Waals surface area contributed by atoms with Crippen LogP contribution in [-0.2, 0) is 20.2 Å². The van der Waals surface area contributed by atoms with Gasteiger partial charge in [-0.3, -0.25) is 9.11 Å². The molecule has 6 nitrogen and oxygen atoms in total. The van der Waals surface area contributed by atoms with E-state index in [4.69, 9.17) is 9.11 Å². The standard InChI is InChI=1S/C8H18O6S4.2K.2H/c1-7(17(9,10)11)3-5-15-16-6-4-8(2)18(12,13)14;;;;/h7-8H,3-6H2,1-2H3,(H,9,10,11)(H,12,13,14);;;;. The van der Waals surface area contributed by atoms with Gasteiger partial charge >= 0.3 is 103 Å². The first-order valence-electron chi connectivity index (χ1n) is 5.22. The summed E-state index contributed by atoms with van der Waals surface area (Å²) in [5.41, 5.74) is 0. The average molecular weight is 419 g/mol. The summed E-state index contributed by atoms with van der Waals surface area (Å²) >= 11 is 0. The van der Waals surface area contributed by atoms with Gasteiger partial charge in [0.05, 0.1) is 10.5 Å². The zero-order valence-electron chi connectivity index (χ0n) is 10.1. The van der Waals surface area contributed by atoms with E-state index in [1.54, 1.807) is 0 Å². The molecule has 0 bridgehead atoms. The summed E-state index contributed by atoms with van der Waals surface area (Å²) in [4.78, 5) is 0. The Hall–Kier alpha value is 3.79. The molecule has 20 heavy (non-hydrogen) atoms. The van der Waals surface area contributed by atoms with Gasteiger partial charge in [0.15, 0.2) is 0 Å². The van der Waals surface area contributed by atoms with E-state index in [1.165, 1.54) is 35.4 Å². The Morgan fingerprint density at radius 3 is 1.25 bits per heavy atom. The Morgan fingerprint density at radius 1 is 0.800 bits per heavy atom. The molecule has 0 aromatic rings. The van der Waals surface area contributed by atoms with Gasteiger partial charge in [-0.25, -0.2) is 0 Å². The first-order valence-corrected chi connectivity index (χ1v) is 10.7. The van der Waals surface area contributed by atoms with Gasteiger partial charge in [0.2, 0.25) is 0 Å². The molecule has 2 N–H and O–H groups in total. The molecule has 0 aromatic heterocycles. The summed E-state index contributed by atoms with van der Waals surface area (Å²) in [5, 5.41) is -1.58. The van der Waals surface area contributed by atoms with E-state index < -0.39 is 30.7 Å². The summed E-state index contributed by atoms with van der Waals surface area (Å²) in [6, 6.07) is 0. The predicted molar refractivity (Wildman–Crippen MR) is 90.5 cm³/mol. The topological polar surface area (TPSA) is 109 Å². The zero-order chi connectivity index (χ0) is 14.4. The SMILES string of the molecule is CC(CCSSCCC(C)S(=O)(=O)O)S(=O)(=O)O.[KH].[KH]. The van der Waals surface area contributed by atoms with E-state index in [-0.39, 0.29) is 103 Å². The fraction of sp³-hybridized carbons (Fsp3) is 1.00. The molecule has 0 saturated carbocycles. The van der Waals surface area contributed by atoms with Crippen LogP contribution in [0.5, 0.6) is 0 Å². The Bertz CT molecular complexity index is 396. The van der Waals surface area contributed by atoms with Crippen molar-refractivity contribution in [3.63, 3.8) is 0 Å². The summed E-state index contributed by atoms with van der Waals surface area (Å²) < 4.78 is 60.2. The molecule has 0 aliphatic rings. The van der Waals surface area contributed by atoms with Gasteiger partial charge in [-0.05, 0) is 26.7 Å². The van der Waals surface area contributed by atoms with Crippen molar-refractivity contribution in [3.8, 4) is 0 Å². The van der Waals surface area contributed by atoms with Crippen molar-refractivity contribution >= 4 is 145 Å². The van der Waals surface area contributed by atoms with Crippen LogP contribution < -0.4 is 0 Å². The van der Waals surface area contributed by atoms with Gasteiger partial charge in [-0.15, -0.1) is 0 Å². The van der Waals surface area contributed by atoms with Gasteiger partial charge in [0.1, 0.15) is 0 Å². The molecule has 0 aliphatic heterocycles. The summed E-state index contributed by atoms with van der Waals surface area (Å²) in [7, 11) is -5.10. The predicted octanol–water partition coefficient (Wildman–Crippen LogP) is 0.404. The number of hydrogen-bond donors (Lipinski definition) is 2. The molecule has 0 aromatic carbocycles. The molecule has 2 unspecified atom stereocenters. The number of hydrogen-bond acceptors (Lipinski definition) is 6. The fourth-order valence-corrected chi connectivity index (χ4v) is 4.39. The van der Waals surface area contributed by atoms with E-state index >= 15 is 0 Å². The normalized spacial score (nSPS) is 14.8. The molecule has 0 saturated heterocycles. The van der Waals surface area contributed by atoms with Gasteiger partial charge in [-0.2, -0.15) is 16.8 Å². The molecule has 0 amide bonds. The zero-order valence-corrected chi connectivity index (χ0v) is 13.4. The van der Waals surface area contributed by atoms with E-state index in [2.05, 4.69) is 0 Å².